The molecule has 0 aromatic heterocycles. The van der Waals surface area contributed by atoms with E-state index in [-0.39, 0.29) is 6.10 Å². The van der Waals surface area contributed by atoms with Gasteiger partial charge in [-0.1, -0.05) is 51.4 Å². The fourth-order valence-electron chi connectivity index (χ4n) is 3.69. The first-order chi connectivity index (χ1) is 8.40. The largest absolute Gasteiger partial charge is 0.485 e. The highest BCUT2D eigenvalue weighted by Gasteiger charge is 2.27. The summed E-state index contributed by atoms with van der Waals surface area (Å²) in [5, 5.41) is 8.95. The summed E-state index contributed by atoms with van der Waals surface area (Å²) in [6.45, 7) is 0. The molecule has 3 heteroatoms. The standard InChI is InChI=1S/C14H26BO2/c16-15-17-14(13-9-5-2-6-10-13)11-12-7-3-1-4-8-12/h12-14,16H,1-11H2/t14-/m0/s1. The molecule has 2 rings (SSSR count). The van der Waals surface area contributed by atoms with Crippen molar-refractivity contribution in [2.24, 2.45) is 11.8 Å². The molecule has 2 nitrogen and oxygen atoms in total. The molecule has 0 heterocycles. The van der Waals surface area contributed by atoms with Crippen LogP contribution in [0.1, 0.15) is 70.6 Å². The second-order valence-corrected chi connectivity index (χ2v) is 5.92. The zero-order valence-corrected chi connectivity index (χ0v) is 10.9. The van der Waals surface area contributed by atoms with Gasteiger partial charge in [0.25, 0.3) is 0 Å². The average Bonchev–Trinajstić information content (AvgIpc) is 2.40. The van der Waals surface area contributed by atoms with Gasteiger partial charge in [-0.15, -0.1) is 0 Å². The second kappa shape index (κ2) is 7.43. The monoisotopic (exact) mass is 237 g/mol. The molecule has 1 atom stereocenters. The van der Waals surface area contributed by atoms with Crippen molar-refractivity contribution < 1.29 is 9.68 Å². The first-order valence-electron chi connectivity index (χ1n) is 7.51. The average molecular weight is 237 g/mol. The van der Waals surface area contributed by atoms with Gasteiger partial charge >= 0.3 is 7.69 Å². The zero-order valence-electron chi connectivity index (χ0n) is 10.9. The molecule has 17 heavy (non-hydrogen) atoms. The van der Waals surface area contributed by atoms with Crippen molar-refractivity contribution >= 4 is 7.69 Å². The Morgan fingerprint density at radius 1 is 0.941 bits per heavy atom. The lowest BCUT2D eigenvalue weighted by atomic mass is 9.78. The van der Waals surface area contributed by atoms with Crippen LogP contribution in [0.25, 0.3) is 0 Å². The van der Waals surface area contributed by atoms with Crippen molar-refractivity contribution in [1.82, 2.24) is 0 Å². The van der Waals surface area contributed by atoms with Gasteiger partial charge in [0.05, 0.1) is 0 Å². The van der Waals surface area contributed by atoms with Gasteiger partial charge in [-0.2, -0.15) is 0 Å². The quantitative estimate of drug-likeness (QED) is 0.742. The molecule has 97 valence electrons. The van der Waals surface area contributed by atoms with Gasteiger partial charge in [-0.25, -0.2) is 0 Å². The van der Waals surface area contributed by atoms with Crippen molar-refractivity contribution in [2.75, 3.05) is 0 Å². The molecule has 0 bridgehead atoms. The highest BCUT2D eigenvalue weighted by Crippen LogP contribution is 2.34. The summed E-state index contributed by atoms with van der Waals surface area (Å²) in [5.41, 5.74) is 0. The lowest BCUT2D eigenvalue weighted by Gasteiger charge is -2.33. The van der Waals surface area contributed by atoms with Crippen molar-refractivity contribution in [3.8, 4) is 0 Å². The molecule has 0 saturated heterocycles. The molecular formula is C14H26BO2. The second-order valence-electron chi connectivity index (χ2n) is 5.92. The molecule has 1 N–H and O–H groups in total. The third-order valence-electron chi connectivity index (χ3n) is 4.70. The lowest BCUT2D eigenvalue weighted by Crippen LogP contribution is -2.30. The Bertz CT molecular complexity index is 198. The van der Waals surface area contributed by atoms with E-state index < -0.39 is 0 Å². The Hall–Kier alpha value is -0.0151. The normalized spacial score (nSPS) is 25.7. The molecule has 1 radical (unpaired) electrons. The van der Waals surface area contributed by atoms with Crippen molar-refractivity contribution in [1.29, 1.82) is 0 Å². The van der Waals surface area contributed by atoms with Crippen molar-refractivity contribution in [3.63, 3.8) is 0 Å². The number of rotatable bonds is 5. The van der Waals surface area contributed by atoms with Crippen LogP contribution in [0.5, 0.6) is 0 Å². The molecule has 0 amide bonds. The molecule has 2 aliphatic rings. The van der Waals surface area contributed by atoms with E-state index in [9.17, 15) is 0 Å². The molecule has 0 aromatic rings. The fraction of sp³-hybridized carbons (Fsp3) is 1.00. The summed E-state index contributed by atoms with van der Waals surface area (Å²) >= 11 is 0. The number of hydrogen-bond acceptors (Lipinski definition) is 2. The van der Waals surface area contributed by atoms with Gasteiger partial charge in [0.1, 0.15) is 0 Å². The maximum absolute atomic E-state index is 8.95. The van der Waals surface area contributed by atoms with E-state index >= 15 is 0 Å². The lowest BCUT2D eigenvalue weighted by molar-refractivity contribution is 0.0679. The minimum Gasteiger partial charge on any atom is -0.429 e. The van der Waals surface area contributed by atoms with Crippen molar-refractivity contribution in [2.45, 2.75) is 76.7 Å². The van der Waals surface area contributed by atoms with E-state index in [4.69, 9.17) is 9.68 Å². The van der Waals surface area contributed by atoms with Crippen LogP contribution in [-0.2, 0) is 4.65 Å². The molecule has 0 aliphatic heterocycles. The minimum atomic E-state index is 0.281. The van der Waals surface area contributed by atoms with Gasteiger partial charge < -0.3 is 9.68 Å². The van der Waals surface area contributed by atoms with Gasteiger partial charge in [0, 0.05) is 6.10 Å². The van der Waals surface area contributed by atoms with E-state index in [2.05, 4.69) is 0 Å². The van der Waals surface area contributed by atoms with Gasteiger partial charge in [0.2, 0.25) is 0 Å². The summed E-state index contributed by atoms with van der Waals surface area (Å²) in [7, 11) is 0.933. The highest BCUT2D eigenvalue weighted by atomic mass is 16.5. The van der Waals surface area contributed by atoms with E-state index in [1.807, 2.05) is 0 Å². The third kappa shape index (κ3) is 4.29. The Morgan fingerprint density at radius 2 is 1.53 bits per heavy atom. The van der Waals surface area contributed by atoms with E-state index in [0.29, 0.717) is 5.92 Å². The molecule has 2 aliphatic carbocycles. The summed E-state index contributed by atoms with van der Waals surface area (Å²) in [4.78, 5) is 0. The first kappa shape index (κ1) is 13.4. The molecule has 0 aromatic carbocycles. The zero-order chi connectivity index (χ0) is 11.9. The Balaban J connectivity index is 1.81. The van der Waals surface area contributed by atoms with Gasteiger partial charge in [-0.05, 0) is 31.1 Å². The van der Waals surface area contributed by atoms with E-state index in [1.165, 1.54) is 70.6 Å². The SMILES string of the molecule is O[B]O[C@@H](CC1CCCCC1)C1CCCCC1. The van der Waals surface area contributed by atoms with Crippen LogP contribution in [0.4, 0.5) is 0 Å². The van der Waals surface area contributed by atoms with E-state index in [0.717, 1.165) is 13.6 Å². The number of hydrogen-bond donors (Lipinski definition) is 1. The van der Waals surface area contributed by atoms with Crippen LogP contribution in [0.3, 0.4) is 0 Å². The fourth-order valence-corrected chi connectivity index (χ4v) is 3.69. The summed E-state index contributed by atoms with van der Waals surface area (Å²) in [6, 6.07) is 0. The maximum atomic E-state index is 8.95. The smallest absolute Gasteiger partial charge is 0.429 e. The van der Waals surface area contributed by atoms with Gasteiger partial charge in [-0.3, -0.25) is 0 Å². The summed E-state index contributed by atoms with van der Waals surface area (Å²) in [6.07, 6.45) is 15.1. The van der Waals surface area contributed by atoms with E-state index in [1.54, 1.807) is 0 Å². The van der Waals surface area contributed by atoms with Crippen molar-refractivity contribution in [3.05, 3.63) is 0 Å². The summed E-state index contributed by atoms with van der Waals surface area (Å²) < 4.78 is 5.51. The van der Waals surface area contributed by atoms with Crippen LogP contribution in [0.15, 0.2) is 0 Å². The Labute approximate surface area is 106 Å². The molecule has 0 spiro atoms. The van der Waals surface area contributed by atoms with Crippen LogP contribution in [0, 0.1) is 11.8 Å². The topological polar surface area (TPSA) is 29.5 Å². The summed E-state index contributed by atoms with van der Waals surface area (Å²) in [5.74, 6) is 1.53. The maximum Gasteiger partial charge on any atom is 0.485 e. The molecular weight excluding hydrogens is 211 g/mol. The van der Waals surface area contributed by atoms with Crippen LogP contribution < -0.4 is 0 Å². The highest BCUT2D eigenvalue weighted by molar-refractivity contribution is 6.15. The predicted octanol–water partition coefficient (Wildman–Crippen LogP) is 3.45. The molecule has 2 fully saturated rings. The first-order valence-corrected chi connectivity index (χ1v) is 7.51. The molecule has 2 saturated carbocycles. The Kier molecular flexibility index (Phi) is 5.86. The third-order valence-corrected chi connectivity index (χ3v) is 4.70. The van der Waals surface area contributed by atoms with Crippen LogP contribution in [0.2, 0.25) is 0 Å². The minimum absolute atomic E-state index is 0.281. The predicted molar refractivity (Wildman–Crippen MR) is 70.6 cm³/mol. The van der Waals surface area contributed by atoms with Gasteiger partial charge in [0.15, 0.2) is 0 Å². The van der Waals surface area contributed by atoms with Crippen LogP contribution in [-0.4, -0.2) is 18.8 Å². The Morgan fingerprint density at radius 3 is 2.12 bits per heavy atom. The molecule has 0 unspecified atom stereocenters. The van der Waals surface area contributed by atoms with Crippen LogP contribution >= 0.6 is 0 Å².